The first kappa shape index (κ1) is 17.7. The Bertz CT molecular complexity index is 545. The van der Waals surface area contributed by atoms with E-state index in [-0.39, 0.29) is 19.1 Å². The van der Waals surface area contributed by atoms with Crippen molar-refractivity contribution in [2.45, 2.75) is 26.4 Å². The fourth-order valence-electron chi connectivity index (χ4n) is 2.10. The largest absolute Gasteiger partial charge is 0.480 e. The molecule has 6 heteroatoms. The van der Waals surface area contributed by atoms with Crippen LogP contribution in [-0.4, -0.2) is 34.7 Å². The summed E-state index contributed by atoms with van der Waals surface area (Å²) in [5.41, 5.74) is 0.488. The van der Waals surface area contributed by atoms with Gasteiger partial charge in [-0.2, -0.15) is 0 Å². The van der Waals surface area contributed by atoms with Crippen LogP contribution in [0.1, 0.15) is 19.4 Å². The van der Waals surface area contributed by atoms with Gasteiger partial charge in [-0.1, -0.05) is 38.6 Å². The van der Waals surface area contributed by atoms with Crippen LogP contribution in [0, 0.1) is 11.7 Å². The van der Waals surface area contributed by atoms with Gasteiger partial charge in [0.1, 0.15) is 18.5 Å². The van der Waals surface area contributed by atoms with Crippen molar-refractivity contribution in [2.24, 2.45) is 5.92 Å². The molecule has 1 aromatic rings. The van der Waals surface area contributed by atoms with Crippen LogP contribution in [0.2, 0.25) is 0 Å². The van der Waals surface area contributed by atoms with E-state index in [9.17, 15) is 19.1 Å². The summed E-state index contributed by atoms with van der Waals surface area (Å²) in [5, 5.41) is 9.38. The predicted molar refractivity (Wildman–Crippen MR) is 79.7 cm³/mol. The Balaban J connectivity index is 3.06. The molecule has 0 aliphatic rings. The Kier molecular flexibility index (Phi) is 6.56. The van der Waals surface area contributed by atoms with Gasteiger partial charge >= 0.3 is 12.1 Å². The Morgan fingerprint density at radius 3 is 2.64 bits per heavy atom. The molecule has 0 bridgehead atoms. The fraction of sp³-hybridized carbons (Fsp3) is 0.375. The van der Waals surface area contributed by atoms with Crippen molar-refractivity contribution in [2.75, 3.05) is 6.61 Å². The maximum Gasteiger partial charge on any atom is 0.411 e. The highest BCUT2D eigenvalue weighted by atomic mass is 19.1. The van der Waals surface area contributed by atoms with Gasteiger partial charge in [0.05, 0.1) is 6.54 Å². The average molecular weight is 309 g/mol. The Morgan fingerprint density at radius 2 is 2.14 bits per heavy atom. The van der Waals surface area contributed by atoms with Crippen molar-refractivity contribution in [1.29, 1.82) is 0 Å². The maximum absolute atomic E-state index is 13.3. The smallest absolute Gasteiger partial charge is 0.411 e. The lowest BCUT2D eigenvalue weighted by Gasteiger charge is -2.30. The summed E-state index contributed by atoms with van der Waals surface area (Å²) in [6.45, 7) is 6.75. The number of ether oxygens (including phenoxy) is 1. The number of halogens is 1. The van der Waals surface area contributed by atoms with Gasteiger partial charge in [-0.05, 0) is 23.6 Å². The molecule has 120 valence electrons. The number of carbonyl (C=O) groups is 2. The molecule has 1 amide bonds. The SMILES string of the molecule is C=CCOC(=O)N(Cc1cccc(F)c1)C(C(=O)O)C(C)C. The number of hydrogen-bond acceptors (Lipinski definition) is 3. The number of benzene rings is 1. The van der Waals surface area contributed by atoms with Crippen molar-refractivity contribution < 1.29 is 23.8 Å². The number of aliphatic carboxylic acids is 1. The summed E-state index contributed by atoms with van der Waals surface area (Å²) in [4.78, 5) is 24.7. The van der Waals surface area contributed by atoms with E-state index in [1.807, 2.05) is 0 Å². The molecule has 1 aromatic carbocycles. The molecule has 5 nitrogen and oxygen atoms in total. The van der Waals surface area contributed by atoms with E-state index in [1.54, 1.807) is 19.9 Å². The normalized spacial score (nSPS) is 11.8. The van der Waals surface area contributed by atoms with Crippen LogP contribution < -0.4 is 0 Å². The standard InChI is InChI=1S/C16H20FNO4/c1-4-8-22-16(21)18(14(11(2)3)15(19)20)10-12-6-5-7-13(17)9-12/h4-7,9,11,14H,1,8,10H2,2-3H3,(H,19,20). The van der Waals surface area contributed by atoms with E-state index in [1.165, 1.54) is 24.3 Å². The van der Waals surface area contributed by atoms with Crippen LogP contribution in [-0.2, 0) is 16.1 Å². The Morgan fingerprint density at radius 1 is 1.45 bits per heavy atom. The van der Waals surface area contributed by atoms with E-state index in [2.05, 4.69) is 6.58 Å². The first-order valence-electron chi connectivity index (χ1n) is 6.88. The van der Waals surface area contributed by atoms with Crippen LogP contribution >= 0.6 is 0 Å². The number of nitrogens with zero attached hydrogens (tertiary/aromatic N) is 1. The minimum Gasteiger partial charge on any atom is -0.480 e. The second-order valence-electron chi connectivity index (χ2n) is 5.15. The quantitative estimate of drug-likeness (QED) is 0.786. The molecule has 1 unspecified atom stereocenters. The second kappa shape index (κ2) is 8.17. The number of carboxylic acids is 1. The minimum absolute atomic E-state index is 0.0249. The molecule has 22 heavy (non-hydrogen) atoms. The van der Waals surface area contributed by atoms with Gasteiger partial charge in [-0.25, -0.2) is 14.0 Å². The molecule has 0 aliphatic heterocycles. The zero-order chi connectivity index (χ0) is 16.7. The zero-order valence-electron chi connectivity index (χ0n) is 12.7. The molecule has 0 aliphatic carbocycles. The summed E-state index contributed by atoms with van der Waals surface area (Å²) in [6, 6.07) is 4.59. The van der Waals surface area contributed by atoms with E-state index in [0.717, 1.165) is 4.90 Å². The molecular formula is C16H20FNO4. The molecule has 0 spiro atoms. The molecular weight excluding hydrogens is 289 g/mol. The molecule has 1 N–H and O–H groups in total. The third-order valence-electron chi connectivity index (χ3n) is 3.02. The predicted octanol–water partition coefficient (Wildman–Crippen LogP) is 3.06. The van der Waals surface area contributed by atoms with Crippen LogP contribution in [0.15, 0.2) is 36.9 Å². The van der Waals surface area contributed by atoms with Gasteiger partial charge in [0.25, 0.3) is 0 Å². The Hall–Kier alpha value is -2.37. The highest BCUT2D eigenvalue weighted by Crippen LogP contribution is 2.17. The summed E-state index contributed by atoms with van der Waals surface area (Å²) in [5.74, 6) is -1.92. The second-order valence-corrected chi connectivity index (χ2v) is 5.15. The van der Waals surface area contributed by atoms with Gasteiger partial charge in [0.15, 0.2) is 0 Å². The lowest BCUT2D eigenvalue weighted by Crippen LogP contribution is -2.47. The van der Waals surface area contributed by atoms with Gasteiger partial charge in [-0.3, -0.25) is 4.90 Å². The molecule has 0 fully saturated rings. The first-order valence-corrected chi connectivity index (χ1v) is 6.88. The van der Waals surface area contributed by atoms with E-state index >= 15 is 0 Å². The molecule has 0 heterocycles. The lowest BCUT2D eigenvalue weighted by atomic mass is 10.0. The molecule has 0 saturated carbocycles. The van der Waals surface area contributed by atoms with Gasteiger partial charge in [0, 0.05) is 0 Å². The lowest BCUT2D eigenvalue weighted by molar-refractivity contribution is -0.144. The molecule has 0 radical (unpaired) electrons. The number of rotatable bonds is 7. The summed E-state index contributed by atoms with van der Waals surface area (Å²) in [6.07, 6.45) is 0.619. The average Bonchev–Trinajstić information content (AvgIpc) is 2.43. The van der Waals surface area contributed by atoms with Crippen molar-refractivity contribution in [3.8, 4) is 0 Å². The summed E-state index contributed by atoms with van der Waals surface area (Å²) >= 11 is 0. The van der Waals surface area contributed by atoms with Crippen molar-refractivity contribution >= 4 is 12.1 Å². The van der Waals surface area contributed by atoms with Crippen molar-refractivity contribution in [1.82, 2.24) is 4.90 Å². The van der Waals surface area contributed by atoms with Crippen molar-refractivity contribution in [3.05, 3.63) is 48.3 Å². The van der Waals surface area contributed by atoms with Crippen LogP contribution in [0.4, 0.5) is 9.18 Å². The third-order valence-corrected chi connectivity index (χ3v) is 3.02. The number of carbonyl (C=O) groups excluding carboxylic acids is 1. The van der Waals surface area contributed by atoms with E-state index < -0.39 is 23.9 Å². The maximum atomic E-state index is 13.3. The Labute approximate surface area is 129 Å². The first-order chi connectivity index (χ1) is 10.4. The van der Waals surface area contributed by atoms with Gasteiger partial charge < -0.3 is 9.84 Å². The molecule has 0 saturated heterocycles. The summed E-state index contributed by atoms with van der Waals surface area (Å²) in [7, 11) is 0. The highest BCUT2D eigenvalue weighted by molar-refractivity contribution is 5.80. The topological polar surface area (TPSA) is 66.8 Å². The van der Waals surface area contributed by atoms with Gasteiger partial charge in [-0.15, -0.1) is 0 Å². The number of hydrogen-bond donors (Lipinski definition) is 1. The van der Waals surface area contributed by atoms with Crippen LogP contribution in [0.25, 0.3) is 0 Å². The zero-order valence-corrected chi connectivity index (χ0v) is 12.7. The minimum atomic E-state index is -1.14. The molecule has 0 aromatic heterocycles. The third kappa shape index (κ3) is 4.87. The van der Waals surface area contributed by atoms with E-state index in [4.69, 9.17) is 4.74 Å². The monoisotopic (exact) mass is 309 g/mol. The fourth-order valence-corrected chi connectivity index (χ4v) is 2.10. The summed E-state index contributed by atoms with van der Waals surface area (Å²) < 4.78 is 18.2. The molecule has 1 atom stereocenters. The highest BCUT2D eigenvalue weighted by Gasteiger charge is 2.33. The van der Waals surface area contributed by atoms with Gasteiger partial charge in [0.2, 0.25) is 0 Å². The van der Waals surface area contributed by atoms with Crippen LogP contribution in [0.5, 0.6) is 0 Å². The number of carboxylic acid groups (broad SMARTS) is 1. The number of amides is 1. The van der Waals surface area contributed by atoms with Crippen molar-refractivity contribution in [3.63, 3.8) is 0 Å². The molecule has 1 rings (SSSR count). The van der Waals surface area contributed by atoms with E-state index in [0.29, 0.717) is 5.56 Å². The van der Waals surface area contributed by atoms with Crippen LogP contribution in [0.3, 0.4) is 0 Å².